The number of aryl methyl sites for hydroxylation is 1. The number of unbranched alkanes of at least 4 members (excludes halogenated alkanes) is 21. The average Bonchev–Trinajstić information content (AvgIpc) is 3.26. The van der Waals surface area contributed by atoms with Gasteiger partial charge in [0.2, 0.25) is 0 Å². The molecule has 0 aliphatic rings. The maximum Gasteiger partial charge on any atom is 0.256 e. The molecule has 0 radical (unpaired) electrons. The van der Waals surface area contributed by atoms with E-state index in [2.05, 4.69) is 49.2 Å². The third-order valence-electron chi connectivity index (χ3n) is 7.85. The van der Waals surface area contributed by atoms with Crippen LogP contribution < -0.4 is 4.57 Å². The first-order valence-corrected chi connectivity index (χ1v) is 16.3. The molecule has 0 atom stereocenters. The van der Waals surface area contributed by atoms with Crippen LogP contribution in [0.5, 0.6) is 0 Å². The van der Waals surface area contributed by atoms with Gasteiger partial charge in [-0.05, 0) is 33.1 Å². The van der Waals surface area contributed by atoms with Crippen molar-refractivity contribution < 1.29 is 4.57 Å². The van der Waals surface area contributed by atoms with Gasteiger partial charge in [-0.25, -0.2) is 9.13 Å². The second-order valence-electron chi connectivity index (χ2n) is 11.6. The molecule has 0 saturated heterocycles. The maximum absolute atomic E-state index is 2.57. The maximum atomic E-state index is 2.57. The summed E-state index contributed by atoms with van der Waals surface area (Å²) in [5.41, 5.74) is 0. The van der Waals surface area contributed by atoms with Gasteiger partial charge in [-0.1, -0.05) is 142 Å². The van der Waals surface area contributed by atoms with E-state index in [-0.39, 0.29) is 0 Å². The Morgan fingerprint density at radius 3 is 1.31 bits per heavy atom. The van der Waals surface area contributed by atoms with E-state index in [0.29, 0.717) is 6.04 Å². The summed E-state index contributed by atoms with van der Waals surface area (Å²) in [6.45, 7) is 10.5. The van der Waals surface area contributed by atoms with E-state index in [9.17, 15) is 0 Å². The molecular formula is C33H65N2+. The molecular weight excluding hydrogens is 424 g/mol. The Bertz CT molecular complexity index is 559. The first-order chi connectivity index (χ1) is 17.2. The van der Waals surface area contributed by atoms with Crippen molar-refractivity contribution in [1.82, 2.24) is 4.57 Å². The molecule has 1 rings (SSSR count). The fourth-order valence-electron chi connectivity index (χ4n) is 5.49. The normalized spacial score (nSPS) is 11.7. The Hall–Kier alpha value is -0.790. The summed E-state index contributed by atoms with van der Waals surface area (Å²) in [6, 6.07) is 0.571. The largest absolute Gasteiger partial charge is 0.256 e. The second-order valence-corrected chi connectivity index (χ2v) is 11.6. The highest BCUT2D eigenvalue weighted by molar-refractivity contribution is 4.86. The molecule has 0 spiro atoms. The van der Waals surface area contributed by atoms with Gasteiger partial charge in [0.15, 0.2) is 0 Å². The van der Waals surface area contributed by atoms with Crippen LogP contribution in [0.3, 0.4) is 0 Å². The van der Waals surface area contributed by atoms with E-state index in [4.69, 9.17) is 0 Å². The molecule has 0 bridgehead atoms. The third-order valence-corrected chi connectivity index (χ3v) is 7.85. The Morgan fingerprint density at radius 1 is 0.543 bits per heavy atom. The van der Waals surface area contributed by atoms with Gasteiger partial charge in [-0.15, -0.1) is 0 Å². The SMILES string of the molecule is CCCCCCCCCCCCCCCCCC[n+]1ccn(C(C)C)c1CCCCCCCCC. The van der Waals surface area contributed by atoms with Gasteiger partial charge in [0.25, 0.3) is 5.82 Å². The lowest BCUT2D eigenvalue weighted by Crippen LogP contribution is -2.37. The van der Waals surface area contributed by atoms with Gasteiger partial charge in [0.1, 0.15) is 12.4 Å². The van der Waals surface area contributed by atoms with Crippen molar-refractivity contribution in [1.29, 1.82) is 0 Å². The third kappa shape index (κ3) is 17.3. The quantitative estimate of drug-likeness (QED) is 0.0903. The van der Waals surface area contributed by atoms with Gasteiger partial charge in [-0.3, -0.25) is 0 Å². The number of nitrogens with zero attached hydrogens (tertiary/aromatic N) is 2. The molecule has 0 aliphatic carbocycles. The summed E-state index contributed by atoms with van der Waals surface area (Å²) in [5, 5.41) is 0. The van der Waals surface area contributed by atoms with E-state index in [1.165, 1.54) is 161 Å². The van der Waals surface area contributed by atoms with Crippen LogP contribution in [-0.4, -0.2) is 4.57 Å². The van der Waals surface area contributed by atoms with E-state index >= 15 is 0 Å². The van der Waals surface area contributed by atoms with Gasteiger partial charge in [-0.2, -0.15) is 0 Å². The molecule has 0 fully saturated rings. The number of hydrogen-bond donors (Lipinski definition) is 0. The van der Waals surface area contributed by atoms with Crippen LogP contribution in [0.15, 0.2) is 12.4 Å². The molecule has 1 aromatic heterocycles. The number of rotatable bonds is 26. The molecule has 2 heteroatoms. The predicted molar refractivity (Wildman–Crippen MR) is 156 cm³/mol. The van der Waals surface area contributed by atoms with E-state index < -0.39 is 0 Å². The minimum Gasteiger partial charge on any atom is -0.234 e. The van der Waals surface area contributed by atoms with Crippen molar-refractivity contribution in [2.75, 3.05) is 0 Å². The lowest BCUT2D eigenvalue weighted by Gasteiger charge is -2.08. The lowest BCUT2D eigenvalue weighted by molar-refractivity contribution is -0.704. The zero-order valence-corrected chi connectivity index (χ0v) is 24.8. The first kappa shape index (κ1) is 32.2. The summed E-state index contributed by atoms with van der Waals surface area (Å²) < 4.78 is 5.09. The zero-order valence-electron chi connectivity index (χ0n) is 24.8. The van der Waals surface area contributed by atoms with Gasteiger partial charge < -0.3 is 0 Å². The van der Waals surface area contributed by atoms with Crippen molar-refractivity contribution >= 4 is 0 Å². The summed E-state index contributed by atoms with van der Waals surface area (Å²) >= 11 is 0. The van der Waals surface area contributed by atoms with Crippen molar-refractivity contribution in [3.63, 3.8) is 0 Å². The fourth-order valence-corrected chi connectivity index (χ4v) is 5.49. The summed E-state index contributed by atoms with van der Waals surface area (Å²) in [5.74, 6) is 1.56. The van der Waals surface area contributed by atoms with Crippen molar-refractivity contribution in [3.05, 3.63) is 18.2 Å². The summed E-state index contributed by atoms with van der Waals surface area (Å²) in [4.78, 5) is 0. The first-order valence-electron chi connectivity index (χ1n) is 16.3. The minimum atomic E-state index is 0.571. The van der Waals surface area contributed by atoms with Crippen molar-refractivity contribution in [2.24, 2.45) is 0 Å². The molecule has 0 aliphatic heterocycles. The van der Waals surface area contributed by atoms with Crippen molar-refractivity contribution in [3.8, 4) is 0 Å². The Kier molecular flexibility index (Phi) is 21.7. The smallest absolute Gasteiger partial charge is 0.234 e. The Balaban J connectivity index is 2.05. The average molecular weight is 490 g/mol. The van der Waals surface area contributed by atoms with Crippen molar-refractivity contribution in [2.45, 2.75) is 194 Å². The van der Waals surface area contributed by atoms with Gasteiger partial charge >= 0.3 is 0 Å². The highest BCUT2D eigenvalue weighted by Crippen LogP contribution is 2.15. The topological polar surface area (TPSA) is 8.81 Å². The second kappa shape index (κ2) is 23.6. The van der Waals surface area contributed by atoms with Crippen LogP contribution in [0.4, 0.5) is 0 Å². The standard InChI is InChI=1S/C33H65N2/c1-5-7-9-11-13-14-15-16-17-18-19-20-21-23-25-27-29-34-30-31-35(32(3)4)33(34)28-26-24-22-12-10-8-6-2/h30-32H,5-29H2,1-4H3/q+1. The van der Waals surface area contributed by atoms with Gasteiger partial charge in [0, 0.05) is 6.42 Å². The molecule has 0 N–H and O–H groups in total. The monoisotopic (exact) mass is 490 g/mol. The number of aromatic nitrogens is 2. The van der Waals surface area contributed by atoms with Crippen LogP contribution in [0, 0.1) is 0 Å². The molecule has 35 heavy (non-hydrogen) atoms. The van der Waals surface area contributed by atoms with Crippen LogP contribution in [0.25, 0.3) is 0 Å². The minimum absolute atomic E-state index is 0.571. The molecule has 0 aromatic carbocycles. The predicted octanol–water partition coefficient (Wildman–Crippen LogP) is 10.9. The molecule has 2 nitrogen and oxygen atoms in total. The molecule has 0 amide bonds. The molecule has 1 aromatic rings. The molecule has 1 heterocycles. The van der Waals surface area contributed by atoms with Crippen LogP contribution >= 0.6 is 0 Å². The molecule has 206 valence electrons. The molecule has 0 unspecified atom stereocenters. The summed E-state index contributed by atoms with van der Waals surface area (Å²) in [7, 11) is 0. The number of hydrogen-bond acceptors (Lipinski definition) is 0. The zero-order chi connectivity index (χ0) is 25.4. The van der Waals surface area contributed by atoms with E-state index in [1.54, 1.807) is 5.82 Å². The van der Waals surface area contributed by atoms with E-state index in [1.807, 2.05) is 0 Å². The van der Waals surface area contributed by atoms with Gasteiger partial charge in [0.05, 0.1) is 12.6 Å². The molecule has 0 saturated carbocycles. The lowest BCUT2D eigenvalue weighted by atomic mass is 10.0. The Labute approximate surface area is 221 Å². The van der Waals surface area contributed by atoms with Crippen LogP contribution in [0.1, 0.15) is 187 Å². The summed E-state index contributed by atoms with van der Waals surface area (Å²) in [6.07, 6.45) is 38.8. The fraction of sp³-hybridized carbons (Fsp3) is 0.909. The highest BCUT2D eigenvalue weighted by atomic mass is 15.2. The van der Waals surface area contributed by atoms with Crippen LogP contribution in [-0.2, 0) is 13.0 Å². The Morgan fingerprint density at radius 2 is 0.914 bits per heavy atom. The number of imidazole rings is 1. The van der Waals surface area contributed by atoms with Crippen LogP contribution in [0.2, 0.25) is 0 Å². The van der Waals surface area contributed by atoms with E-state index in [0.717, 1.165) is 0 Å². The highest BCUT2D eigenvalue weighted by Gasteiger charge is 2.18.